The molecular weight excluding hydrogens is 599 g/mol. The molecule has 4 aromatic heterocycles. The number of para-hydroxylation sites is 5. The van der Waals surface area contributed by atoms with Crippen LogP contribution in [0, 0.1) is 0 Å². The molecule has 0 saturated heterocycles. The predicted molar refractivity (Wildman–Crippen MR) is 206 cm³/mol. The Balaban J connectivity index is 1.30. The maximum absolute atomic E-state index is 5.24. The van der Waals surface area contributed by atoms with Crippen LogP contribution in [0.5, 0.6) is 0 Å². The lowest BCUT2D eigenvalue weighted by Crippen LogP contribution is -1.97. The van der Waals surface area contributed by atoms with E-state index in [1.54, 1.807) is 0 Å². The zero-order chi connectivity index (χ0) is 32.6. The van der Waals surface area contributed by atoms with Crippen molar-refractivity contribution in [2.75, 3.05) is 0 Å². The first-order valence-electron chi connectivity index (χ1n) is 16.6. The number of allylic oxidation sites excluding steroid dienone is 1. The second-order valence-electron chi connectivity index (χ2n) is 12.6. The van der Waals surface area contributed by atoms with E-state index in [1.807, 2.05) is 6.08 Å². The van der Waals surface area contributed by atoms with Gasteiger partial charge in [-0.05, 0) is 73.7 Å². The van der Waals surface area contributed by atoms with Gasteiger partial charge in [0.1, 0.15) is 0 Å². The quantitative estimate of drug-likeness (QED) is 0.186. The van der Waals surface area contributed by atoms with Crippen LogP contribution >= 0.6 is 0 Å². The largest absolute Gasteiger partial charge is 0.313 e. The van der Waals surface area contributed by atoms with Crippen molar-refractivity contribution in [3.8, 4) is 11.4 Å². The Labute approximate surface area is 282 Å². The summed E-state index contributed by atoms with van der Waals surface area (Å²) in [6.45, 7) is 6.41. The van der Waals surface area contributed by atoms with Crippen molar-refractivity contribution in [2.24, 2.45) is 0 Å². The number of nitrogens with zero attached hydrogens (tertiary/aromatic N) is 5. The number of aromatic nitrogens is 5. The lowest BCUT2D eigenvalue weighted by atomic mass is 10.2. The third-order valence-corrected chi connectivity index (χ3v) is 9.89. The third kappa shape index (κ3) is 3.90. The average molecular weight is 630 g/mol. The molecule has 0 amide bonds. The fourth-order valence-electron chi connectivity index (χ4n) is 7.84. The van der Waals surface area contributed by atoms with Gasteiger partial charge in [0, 0.05) is 38.6 Å². The normalized spacial score (nSPS) is 12.4. The van der Waals surface area contributed by atoms with E-state index in [1.165, 1.54) is 43.6 Å². The molecule has 0 radical (unpaired) electrons. The van der Waals surface area contributed by atoms with Crippen LogP contribution in [0.1, 0.15) is 18.3 Å². The minimum Gasteiger partial charge on any atom is -0.313 e. The van der Waals surface area contributed by atoms with E-state index in [-0.39, 0.29) is 0 Å². The van der Waals surface area contributed by atoms with Gasteiger partial charge in [0.25, 0.3) is 0 Å². The maximum Gasteiger partial charge on any atom is 0.220 e. The molecule has 10 aromatic rings. The van der Waals surface area contributed by atoms with Gasteiger partial charge in [0.15, 0.2) is 0 Å². The highest BCUT2D eigenvalue weighted by atomic mass is 15.2. The van der Waals surface area contributed by atoms with Crippen LogP contribution in [0.3, 0.4) is 0 Å². The second kappa shape index (κ2) is 10.5. The number of rotatable bonds is 5. The van der Waals surface area contributed by atoms with Gasteiger partial charge in [-0.25, -0.2) is 4.98 Å². The van der Waals surface area contributed by atoms with Crippen LogP contribution in [0.15, 0.2) is 152 Å². The highest BCUT2D eigenvalue weighted by Crippen LogP contribution is 2.37. The molecule has 0 aliphatic carbocycles. The topological polar surface area (TPSA) is 32.1 Å². The number of imidazole rings is 2. The third-order valence-electron chi connectivity index (χ3n) is 9.89. The molecular formula is C44H31N5. The molecule has 10 rings (SSSR count). The molecule has 5 heteroatoms. The van der Waals surface area contributed by atoms with Gasteiger partial charge in [-0.1, -0.05) is 97.6 Å². The first kappa shape index (κ1) is 27.5. The van der Waals surface area contributed by atoms with E-state index in [4.69, 9.17) is 4.98 Å². The van der Waals surface area contributed by atoms with Crippen molar-refractivity contribution in [3.05, 3.63) is 164 Å². The van der Waals surface area contributed by atoms with Crippen molar-refractivity contribution in [1.82, 2.24) is 23.1 Å². The molecule has 5 nitrogen and oxygen atoms in total. The summed E-state index contributed by atoms with van der Waals surface area (Å²) in [4.78, 5) is 5.24. The minimum atomic E-state index is 0.837. The summed E-state index contributed by atoms with van der Waals surface area (Å²) in [5.41, 5.74) is 12.0. The standard InChI is InChI=1S/C44H31N5/c1-3-36-42(27-29(2)46-37-21-11-7-17-32(37)33-18-8-12-22-38(33)46)49-43-28-31(25-26-41(43)48(44(49)45-36)30-15-5-4-6-16-30)47-39-23-13-9-19-34(39)35-20-10-14-24-40(35)47/h3-28H,1H2,2H3/b29-27+. The lowest BCUT2D eigenvalue weighted by molar-refractivity contribution is 1.10. The summed E-state index contributed by atoms with van der Waals surface area (Å²) < 4.78 is 9.29. The molecule has 0 aliphatic heterocycles. The molecule has 4 heterocycles. The molecule has 0 N–H and O–H groups in total. The first-order valence-corrected chi connectivity index (χ1v) is 16.6. The van der Waals surface area contributed by atoms with Crippen LogP contribution < -0.4 is 0 Å². The van der Waals surface area contributed by atoms with Crippen molar-refractivity contribution in [3.63, 3.8) is 0 Å². The van der Waals surface area contributed by atoms with Gasteiger partial charge in [-0.3, -0.25) is 8.97 Å². The van der Waals surface area contributed by atoms with Crippen LogP contribution in [-0.4, -0.2) is 23.1 Å². The first-order chi connectivity index (χ1) is 24.2. The van der Waals surface area contributed by atoms with Gasteiger partial charge < -0.3 is 9.13 Å². The molecule has 49 heavy (non-hydrogen) atoms. The predicted octanol–water partition coefficient (Wildman–Crippen LogP) is 11.1. The number of hydrogen-bond acceptors (Lipinski definition) is 1. The Hall–Kier alpha value is -6.59. The van der Waals surface area contributed by atoms with E-state index >= 15 is 0 Å². The van der Waals surface area contributed by atoms with Gasteiger partial charge in [0.05, 0.1) is 44.5 Å². The van der Waals surface area contributed by atoms with Crippen LogP contribution in [-0.2, 0) is 0 Å². The van der Waals surface area contributed by atoms with Crippen molar-refractivity contribution in [2.45, 2.75) is 6.92 Å². The zero-order valence-electron chi connectivity index (χ0n) is 27.0. The number of hydrogen-bond donors (Lipinski definition) is 0. The molecule has 6 aromatic carbocycles. The Morgan fingerprint density at radius 2 is 1.06 bits per heavy atom. The number of benzene rings is 6. The molecule has 0 atom stereocenters. The van der Waals surface area contributed by atoms with Gasteiger partial charge >= 0.3 is 0 Å². The Morgan fingerprint density at radius 3 is 1.65 bits per heavy atom. The van der Waals surface area contributed by atoms with Gasteiger partial charge in [0.2, 0.25) is 5.78 Å². The van der Waals surface area contributed by atoms with E-state index < -0.39 is 0 Å². The summed E-state index contributed by atoms with van der Waals surface area (Å²) in [6, 6.07) is 51.8. The average Bonchev–Trinajstić information content (AvgIpc) is 3.87. The van der Waals surface area contributed by atoms with Gasteiger partial charge in [-0.15, -0.1) is 0 Å². The maximum atomic E-state index is 5.24. The summed E-state index contributed by atoms with van der Waals surface area (Å²) in [6.07, 6.45) is 4.13. The summed E-state index contributed by atoms with van der Waals surface area (Å²) in [5, 5.41) is 4.97. The van der Waals surface area contributed by atoms with Crippen molar-refractivity contribution >= 4 is 78.3 Å². The van der Waals surface area contributed by atoms with E-state index in [0.29, 0.717) is 0 Å². The van der Waals surface area contributed by atoms with Gasteiger partial charge in [-0.2, -0.15) is 0 Å². The Morgan fingerprint density at radius 1 is 0.531 bits per heavy atom. The molecule has 0 unspecified atom stereocenters. The molecule has 0 saturated carbocycles. The Kier molecular flexibility index (Phi) is 5.87. The van der Waals surface area contributed by atoms with Crippen molar-refractivity contribution < 1.29 is 0 Å². The van der Waals surface area contributed by atoms with Crippen molar-refractivity contribution in [1.29, 1.82) is 0 Å². The highest BCUT2D eigenvalue weighted by Gasteiger charge is 2.22. The minimum absolute atomic E-state index is 0.837. The molecule has 0 spiro atoms. The fraction of sp³-hybridized carbons (Fsp3) is 0.0227. The molecule has 0 fully saturated rings. The van der Waals surface area contributed by atoms with E-state index in [0.717, 1.165) is 45.3 Å². The smallest absolute Gasteiger partial charge is 0.220 e. The lowest BCUT2D eigenvalue weighted by Gasteiger charge is -2.10. The summed E-state index contributed by atoms with van der Waals surface area (Å²) in [5.74, 6) is 0.844. The second-order valence-corrected chi connectivity index (χ2v) is 12.6. The summed E-state index contributed by atoms with van der Waals surface area (Å²) >= 11 is 0. The molecule has 0 bridgehead atoms. The van der Waals surface area contributed by atoms with E-state index in [9.17, 15) is 0 Å². The van der Waals surface area contributed by atoms with Crippen LogP contribution in [0.2, 0.25) is 0 Å². The monoisotopic (exact) mass is 629 g/mol. The zero-order valence-corrected chi connectivity index (χ0v) is 27.0. The molecule has 0 aliphatic rings. The fourth-order valence-corrected chi connectivity index (χ4v) is 7.84. The van der Waals surface area contributed by atoms with E-state index in [2.05, 4.69) is 183 Å². The number of fused-ring (bicyclic) bond motifs is 9. The SMILES string of the molecule is C=Cc1nc2n(-c3ccccc3)c3ccc(-n4c5ccccc5c5ccccc54)cc3n2c1/C=C(\C)n1c2ccccc2c2ccccc21. The highest BCUT2D eigenvalue weighted by molar-refractivity contribution is 6.11. The molecule has 232 valence electrons. The van der Waals surface area contributed by atoms with Crippen LogP contribution in [0.25, 0.3) is 89.6 Å². The Bertz CT molecular complexity index is 2860. The van der Waals surface area contributed by atoms with Crippen LogP contribution in [0.4, 0.5) is 0 Å². The summed E-state index contributed by atoms with van der Waals surface area (Å²) in [7, 11) is 0.